The Labute approximate surface area is 119 Å². The van der Waals surface area contributed by atoms with Crippen molar-refractivity contribution in [3.05, 3.63) is 35.9 Å². The maximum atomic E-state index is 11.9. The predicted octanol–water partition coefficient (Wildman–Crippen LogP) is 2.24. The van der Waals surface area contributed by atoms with Crippen LogP contribution in [0.25, 0.3) is 0 Å². The van der Waals surface area contributed by atoms with Crippen LogP contribution in [0.3, 0.4) is 0 Å². The Kier molecular flexibility index (Phi) is 2.74. The van der Waals surface area contributed by atoms with Gasteiger partial charge in [-0.1, -0.05) is 30.3 Å². The zero-order chi connectivity index (χ0) is 13.7. The molecule has 3 fully saturated rings. The Morgan fingerprint density at radius 3 is 2.85 bits per heavy atom. The first-order chi connectivity index (χ1) is 9.74. The van der Waals surface area contributed by atoms with Crippen molar-refractivity contribution in [2.45, 2.75) is 50.5 Å². The van der Waals surface area contributed by atoms with E-state index in [-0.39, 0.29) is 18.2 Å². The number of cyclic esters (lactones) is 1. The van der Waals surface area contributed by atoms with Gasteiger partial charge in [0.25, 0.3) is 0 Å². The topological polar surface area (TPSA) is 32.8 Å². The average Bonchev–Trinajstić information content (AvgIpc) is 2.87. The van der Waals surface area contributed by atoms with Crippen LogP contribution in [0.15, 0.2) is 30.3 Å². The molecular weight excluding hydrogens is 252 g/mol. The molecule has 1 aromatic carbocycles. The van der Waals surface area contributed by atoms with Gasteiger partial charge in [0.2, 0.25) is 0 Å². The molecule has 0 N–H and O–H groups in total. The van der Waals surface area contributed by atoms with Gasteiger partial charge in [-0.2, -0.15) is 0 Å². The van der Waals surface area contributed by atoms with E-state index >= 15 is 0 Å². The van der Waals surface area contributed by atoms with Gasteiger partial charge in [-0.25, -0.2) is 4.79 Å². The van der Waals surface area contributed by atoms with Gasteiger partial charge in [0.15, 0.2) is 0 Å². The molecule has 4 nitrogen and oxygen atoms in total. The van der Waals surface area contributed by atoms with Crippen LogP contribution in [0, 0.1) is 0 Å². The zero-order valence-corrected chi connectivity index (χ0v) is 11.7. The van der Waals surface area contributed by atoms with E-state index in [0.29, 0.717) is 12.1 Å². The lowest BCUT2D eigenvalue weighted by atomic mass is 9.99. The maximum Gasteiger partial charge on any atom is 0.410 e. The standard InChI is InChI=1S/C16H20N2O2/c1-11-15-14-8-7-13(10-18(15)16(19)20-11)17(14)9-12-5-3-2-4-6-12/h2-6,11,13-15H,7-10H2,1H3/t11-,13-,14+,15-/m1/s1. The van der Waals surface area contributed by atoms with Crippen LogP contribution in [0.5, 0.6) is 0 Å². The summed E-state index contributed by atoms with van der Waals surface area (Å²) in [6.45, 7) is 3.85. The predicted molar refractivity (Wildman–Crippen MR) is 75.2 cm³/mol. The smallest absolute Gasteiger partial charge is 0.410 e. The minimum Gasteiger partial charge on any atom is -0.444 e. The van der Waals surface area contributed by atoms with Gasteiger partial charge >= 0.3 is 6.09 Å². The van der Waals surface area contributed by atoms with Crippen molar-refractivity contribution in [2.24, 2.45) is 0 Å². The second-order valence-electron chi connectivity index (χ2n) is 6.19. The molecular formula is C16H20N2O2. The Morgan fingerprint density at radius 1 is 1.25 bits per heavy atom. The van der Waals surface area contributed by atoms with Crippen molar-refractivity contribution < 1.29 is 9.53 Å². The third-order valence-corrected chi connectivity index (χ3v) is 5.06. The average molecular weight is 272 g/mol. The summed E-state index contributed by atoms with van der Waals surface area (Å²) in [7, 11) is 0. The third-order valence-electron chi connectivity index (χ3n) is 5.06. The van der Waals surface area contributed by atoms with Gasteiger partial charge in [0, 0.05) is 25.2 Å². The number of fused-ring (bicyclic) bond motifs is 4. The van der Waals surface area contributed by atoms with Gasteiger partial charge in [-0.3, -0.25) is 9.80 Å². The summed E-state index contributed by atoms with van der Waals surface area (Å²) in [5.41, 5.74) is 1.36. The number of benzene rings is 1. The number of carbonyl (C=O) groups is 1. The summed E-state index contributed by atoms with van der Waals surface area (Å²) in [4.78, 5) is 16.4. The first-order valence-electron chi connectivity index (χ1n) is 7.51. The van der Waals surface area contributed by atoms with E-state index in [1.807, 2.05) is 11.8 Å². The van der Waals surface area contributed by atoms with E-state index in [0.717, 1.165) is 13.1 Å². The first-order valence-corrected chi connectivity index (χ1v) is 7.51. The fourth-order valence-electron chi connectivity index (χ4n) is 4.18. The van der Waals surface area contributed by atoms with Crippen molar-refractivity contribution in [1.29, 1.82) is 0 Å². The Morgan fingerprint density at radius 2 is 2.05 bits per heavy atom. The van der Waals surface area contributed by atoms with Gasteiger partial charge in [-0.05, 0) is 25.3 Å². The molecule has 3 heterocycles. The highest BCUT2D eigenvalue weighted by Gasteiger charge is 2.54. The number of rotatable bonds is 2. The number of carbonyl (C=O) groups excluding carboxylic acids is 1. The molecule has 106 valence electrons. The fraction of sp³-hybridized carbons (Fsp3) is 0.562. The summed E-state index contributed by atoms with van der Waals surface area (Å²) in [6.07, 6.45) is 2.29. The number of amides is 1. The Hall–Kier alpha value is -1.55. The Balaban J connectivity index is 1.59. The van der Waals surface area contributed by atoms with Crippen molar-refractivity contribution in [2.75, 3.05) is 6.54 Å². The molecule has 3 aliphatic heterocycles. The molecule has 0 radical (unpaired) electrons. The van der Waals surface area contributed by atoms with Crippen LogP contribution in [0.1, 0.15) is 25.3 Å². The van der Waals surface area contributed by atoms with E-state index in [2.05, 4.69) is 35.2 Å². The summed E-state index contributed by atoms with van der Waals surface area (Å²) in [6, 6.07) is 11.8. The van der Waals surface area contributed by atoms with Gasteiger partial charge in [0.1, 0.15) is 6.10 Å². The summed E-state index contributed by atoms with van der Waals surface area (Å²) in [5.74, 6) is 0. The second-order valence-corrected chi connectivity index (χ2v) is 6.19. The number of hydrogen-bond donors (Lipinski definition) is 0. The molecule has 0 unspecified atom stereocenters. The molecule has 3 aliphatic rings. The fourth-order valence-corrected chi connectivity index (χ4v) is 4.18. The van der Waals surface area contributed by atoms with Crippen LogP contribution >= 0.6 is 0 Å². The number of hydrogen-bond acceptors (Lipinski definition) is 3. The molecule has 0 spiro atoms. The highest BCUT2D eigenvalue weighted by Crippen LogP contribution is 2.40. The zero-order valence-electron chi connectivity index (χ0n) is 11.7. The highest BCUT2D eigenvalue weighted by molar-refractivity contribution is 5.71. The minimum absolute atomic E-state index is 0.0184. The summed E-state index contributed by atoms with van der Waals surface area (Å²) < 4.78 is 5.42. The molecule has 4 atom stereocenters. The van der Waals surface area contributed by atoms with Gasteiger partial charge in [0.05, 0.1) is 6.04 Å². The van der Waals surface area contributed by atoms with Crippen molar-refractivity contribution >= 4 is 6.09 Å². The van der Waals surface area contributed by atoms with Crippen LogP contribution in [-0.4, -0.2) is 46.7 Å². The second kappa shape index (κ2) is 4.48. The van der Waals surface area contributed by atoms with Crippen molar-refractivity contribution in [1.82, 2.24) is 9.80 Å². The molecule has 1 aromatic rings. The van der Waals surface area contributed by atoms with Crippen LogP contribution in [-0.2, 0) is 11.3 Å². The van der Waals surface area contributed by atoms with E-state index in [1.54, 1.807) is 0 Å². The summed E-state index contributed by atoms with van der Waals surface area (Å²) >= 11 is 0. The maximum absolute atomic E-state index is 11.9. The normalized spacial score (nSPS) is 36.0. The molecule has 0 aromatic heterocycles. The van der Waals surface area contributed by atoms with Crippen molar-refractivity contribution in [3.63, 3.8) is 0 Å². The van der Waals surface area contributed by atoms with Crippen LogP contribution < -0.4 is 0 Å². The van der Waals surface area contributed by atoms with E-state index < -0.39 is 0 Å². The highest BCUT2D eigenvalue weighted by atomic mass is 16.6. The van der Waals surface area contributed by atoms with E-state index in [9.17, 15) is 4.79 Å². The molecule has 4 heteroatoms. The number of ether oxygens (including phenoxy) is 1. The van der Waals surface area contributed by atoms with Gasteiger partial charge < -0.3 is 4.74 Å². The monoisotopic (exact) mass is 272 g/mol. The lowest BCUT2D eigenvalue weighted by molar-refractivity contribution is 0.0395. The summed E-state index contributed by atoms with van der Waals surface area (Å²) in [5, 5.41) is 0. The van der Waals surface area contributed by atoms with E-state index in [1.165, 1.54) is 18.4 Å². The molecule has 3 saturated heterocycles. The molecule has 1 amide bonds. The van der Waals surface area contributed by atoms with E-state index in [4.69, 9.17) is 4.74 Å². The minimum atomic E-state index is -0.112. The SMILES string of the molecule is C[C@H]1OC(=O)N2C[C@H]3CC[C@@H]([C@@H]12)N3Cc1ccccc1. The lowest BCUT2D eigenvalue weighted by Gasteiger charge is -2.43. The quantitative estimate of drug-likeness (QED) is 0.827. The Bertz CT molecular complexity index is 518. The molecule has 0 aliphatic carbocycles. The third kappa shape index (κ3) is 1.74. The number of piperazine rings is 1. The molecule has 2 bridgehead atoms. The molecule has 4 rings (SSSR count). The molecule has 0 saturated carbocycles. The van der Waals surface area contributed by atoms with Crippen molar-refractivity contribution in [3.8, 4) is 0 Å². The molecule has 20 heavy (non-hydrogen) atoms. The van der Waals surface area contributed by atoms with Crippen LogP contribution in [0.2, 0.25) is 0 Å². The van der Waals surface area contributed by atoms with Crippen LogP contribution in [0.4, 0.5) is 4.79 Å². The lowest BCUT2D eigenvalue weighted by Crippen LogP contribution is -2.59. The number of nitrogens with zero attached hydrogens (tertiary/aromatic N) is 2. The first kappa shape index (κ1) is 12.2. The van der Waals surface area contributed by atoms with Gasteiger partial charge in [-0.15, -0.1) is 0 Å². The largest absolute Gasteiger partial charge is 0.444 e.